The molecule has 0 bridgehead atoms. The molecule has 2 rings (SSSR count). The lowest BCUT2D eigenvalue weighted by Gasteiger charge is -2.10. The van der Waals surface area contributed by atoms with Crippen LogP contribution in [0.2, 0.25) is 10.0 Å². The molecule has 1 aromatic carbocycles. The number of hydrogen-bond acceptors (Lipinski definition) is 3. The summed E-state index contributed by atoms with van der Waals surface area (Å²) >= 11 is 12.2. The van der Waals surface area contributed by atoms with Gasteiger partial charge in [0, 0.05) is 6.54 Å². The molecule has 2 N–H and O–H groups in total. The summed E-state index contributed by atoms with van der Waals surface area (Å²) in [5.41, 5.74) is 0.669. The van der Waals surface area contributed by atoms with Gasteiger partial charge in [-0.25, -0.2) is 4.98 Å². The van der Waals surface area contributed by atoms with Gasteiger partial charge in [0.1, 0.15) is 11.6 Å². The van der Waals surface area contributed by atoms with Gasteiger partial charge in [-0.15, -0.1) is 0 Å². The molecule has 0 radical (unpaired) electrons. The van der Waals surface area contributed by atoms with E-state index in [4.69, 9.17) is 23.2 Å². The number of anilines is 3. The van der Waals surface area contributed by atoms with Crippen molar-refractivity contribution in [3.05, 3.63) is 46.4 Å². The summed E-state index contributed by atoms with van der Waals surface area (Å²) in [6.07, 6.45) is 0. The Kier molecular flexibility index (Phi) is 4.28. The number of benzene rings is 1. The molecule has 0 fully saturated rings. The third-order valence-corrected chi connectivity index (χ3v) is 2.95. The third-order valence-electron chi connectivity index (χ3n) is 2.32. The summed E-state index contributed by atoms with van der Waals surface area (Å²) in [6.45, 7) is 2.84. The van der Waals surface area contributed by atoms with Crippen LogP contribution >= 0.6 is 23.2 Å². The van der Waals surface area contributed by atoms with E-state index in [9.17, 15) is 0 Å². The molecular formula is C13H13Cl2N3. The molecule has 0 atom stereocenters. The highest BCUT2D eigenvalue weighted by Gasteiger charge is 2.06. The van der Waals surface area contributed by atoms with Gasteiger partial charge < -0.3 is 10.6 Å². The van der Waals surface area contributed by atoms with E-state index in [1.54, 1.807) is 18.2 Å². The number of rotatable bonds is 4. The number of nitrogens with zero attached hydrogens (tertiary/aromatic N) is 1. The average Bonchev–Trinajstić information content (AvgIpc) is 2.35. The van der Waals surface area contributed by atoms with E-state index in [1.165, 1.54) is 0 Å². The van der Waals surface area contributed by atoms with E-state index in [-0.39, 0.29) is 0 Å². The highest BCUT2D eigenvalue weighted by atomic mass is 35.5. The summed E-state index contributed by atoms with van der Waals surface area (Å²) in [5.74, 6) is 1.51. The molecule has 5 heteroatoms. The van der Waals surface area contributed by atoms with E-state index in [2.05, 4.69) is 15.6 Å². The first-order chi connectivity index (χ1) is 8.70. The second kappa shape index (κ2) is 5.94. The topological polar surface area (TPSA) is 37.0 Å². The molecule has 0 aliphatic carbocycles. The van der Waals surface area contributed by atoms with Crippen molar-refractivity contribution in [3.63, 3.8) is 0 Å². The molecule has 0 unspecified atom stereocenters. The molecule has 0 saturated carbocycles. The van der Waals surface area contributed by atoms with Crippen LogP contribution in [0.4, 0.5) is 17.3 Å². The molecule has 0 aliphatic rings. The molecule has 0 amide bonds. The Morgan fingerprint density at radius 2 is 1.61 bits per heavy atom. The van der Waals surface area contributed by atoms with Crippen LogP contribution in [-0.4, -0.2) is 11.5 Å². The number of aromatic nitrogens is 1. The number of para-hydroxylation sites is 1. The summed E-state index contributed by atoms with van der Waals surface area (Å²) in [4.78, 5) is 4.40. The van der Waals surface area contributed by atoms with Crippen LogP contribution in [0, 0.1) is 0 Å². The van der Waals surface area contributed by atoms with Gasteiger partial charge in [0.15, 0.2) is 0 Å². The minimum absolute atomic E-state index is 0.568. The van der Waals surface area contributed by atoms with E-state index in [0.717, 1.165) is 12.4 Å². The minimum Gasteiger partial charge on any atom is -0.370 e. The molecule has 0 spiro atoms. The Hall–Kier alpha value is -1.45. The van der Waals surface area contributed by atoms with Gasteiger partial charge in [0.25, 0.3) is 0 Å². The zero-order chi connectivity index (χ0) is 13.0. The van der Waals surface area contributed by atoms with E-state index < -0.39 is 0 Å². The van der Waals surface area contributed by atoms with Crippen molar-refractivity contribution in [2.75, 3.05) is 17.2 Å². The second-order valence-corrected chi connectivity index (χ2v) is 4.47. The SMILES string of the molecule is CCNc1cccc(Nc2c(Cl)cccc2Cl)n1. The standard InChI is InChI=1S/C13H13Cl2N3/c1-2-16-11-7-4-8-12(17-11)18-13-9(14)5-3-6-10(13)15/h3-8H,2H2,1H3,(H2,16,17,18). The third kappa shape index (κ3) is 3.06. The smallest absolute Gasteiger partial charge is 0.132 e. The zero-order valence-corrected chi connectivity index (χ0v) is 11.4. The van der Waals surface area contributed by atoms with Crippen LogP contribution < -0.4 is 10.6 Å². The maximum absolute atomic E-state index is 6.09. The molecule has 0 saturated heterocycles. The van der Waals surface area contributed by atoms with E-state index in [1.807, 2.05) is 25.1 Å². The summed E-state index contributed by atoms with van der Waals surface area (Å²) in [7, 11) is 0. The molecule has 18 heavy (non-hydrogen) atoms. The number of halogens is 2. The predicted molar refractivity (Wildman–Crippen MR) is 78.1 cm³/mol. The first kappa shape index (κ1) is 13.0. The zero-order valence-electron chi connectivity index (χ0n) is 9.87. The maximum atomic E-state index is 6.09. The Morgan fingerprint density at radius 3 is 2.28 bits per heavy atom. The van der Waals surface area contributed by atoms with Crippen molar-refractivity contribution in [1.82, 2.24) is 4.98 Å². The van der Waals surface area contributed by atoms with Crippen molar-refractivity contribution in [1.29, 1.82) is 0 Å². The molecule has 1 aromatic heterocycles. The quantitative estimate of drug-likeness (QED) is 0.862. The van der Waals surface area contributed by atoms with Gasteiger partial charge in [-0.05, 0) is 31.2 Å². The van der Waals surface area contributed by atoms with E-state index >= 15 is 0 Å². The number of nitrogens with one attached hydrogen (secondary N) is 2. The van der Waals surface area contributed by atoms with Crippen molar-refractivity contribution < 1.29 is 0 Å². The molecular weight excluding hydrogens is 269 g/mol. The van der Waals surface area contributed by atoms with Crippen LogP contribution in [0.3, 0.4) is 0 Å². The largest absolute Gasteiger partial charge is 0.370 e. The van der Waals surface area contributed by atoms with Gasteiger partial charge in [-0.3, -0.25) is 0 Å². The fraction of sp³-hybridized carbons (Fsp3) is 0.154. The normalized spacial score (nSPS) is 10.2. The van der Waals surface area contributed by atoms with Crippen molar-refractivity contribution in [2.24, 2.45) is 0 Å². The van der Waals surface area contributed by atoms with Gasteiger partial charge in [0.05, 0.1) is 15.7 Å². The van der Waals surface area contributed by atoms with Gasteiger partial charge in [0.2, 0.25) is 0 Å². The fourth-order valence-electron chi connectivity index (χ4n) is 1.53. The average molecular weight is 282 g/mol. The van der Waals surface area contributed by atoms with Gasteiger partial charge in [-0.2, -0.15) is 0 Å². The number of hydrogen-bond donors (Lipinski definition) is 2. The predicted octanol–water partition coefficient (Wildman–Crippen LogP) is 4.56. The van der Waals surface area contributed by atoms with Crippen LogP contribution in [0.5, 0.6) is 0 Å². The molecule has 0 aliphatic heterocycles. The Balaban J connectivity index is 2.26. The van der Waals surface area contributed by atoms with Gasteiger partial charge in [-0.1, -0.05) is 35.3 Å². The van der Waals surface area contributed by atoms with Crippen LogP contribution in [-0.2, 0) is 0 Å². The summed E-state index contributed by atoms with van der Waals surface area (Å²) in [5, 5.41) is 7.41. The second-order valence-electron chi connectivity index (χ2n) is 3.66. The maximum Gasteiger partial charge on any atom is 0.132 e. The van der Waals surface area contributed by atoms with Crippen LogP contribution in [0.15, 0.2) is 36.4 Å². The Morgan fingerprint density at radius 1 is 1.00 bits per heavy atom. The first-order valence-electron chi connectivity index (χ1n) is 5.62. The highest BCUT2D eigenvalue weighted by molar-refractivity contribution is 6.39. The lowest BCUT2D eigenvalue weighted by Crippen LogP contribution is -2.01. The highest BCUT2D eigenvalue weighted by Crippen LogP contribution is 2.32. The van der Waals surface area contributed by atoms with Crippen molar-refractivity contribution in [3.8, 4) is 0 Å². The van der Waals surface area contributed by atoms with Crippen LogP contribution in [0.1, 0.15) is 6.92 Å². The summed E-state index contributed by atoms with van der Waals surface area (Å²) in [6, 6.07) is 11.0. The monoisotopic (exact) mass is 281 g/mol. The van der Waals surface area contributed by atoms with Crippen molar-refractivity contribution in [2.45, 2.75) is 6.92 Å². The Labute approximate surface area is 116 Å². The number of pyridine rings is 1. The first-order valence-corrected chi connectivity index (χ1v) is 6.38. The lowest BCUT2D eigenvalue weighted by molar-refractivity contribution is 1.16. The lowest BCUT2D eigenvalue weighted by atomic mass is 10.3. The van der Waals surface area contributed by atoms with Crippen molar-refractivity contribution >= 4 is 40.5 Å². The molecule has 94 valence electrons. The Bertz CT molecular complexity index is 523. The minimum atomic E-state index is 0.568. The molecule has 3 nitrogen and oxygen atoms in total. The molecule has 1 heterocycles. The fourth-order valence-corrected chi connectivity index (χ4v) is 2.02. The van der Waals surface area contributed by atoms with E-state index in [0.29, 0.717) is 21.6 Å². The van der Waals surface area contributed by atoms with Crippen LogP contribution in [0.25, 0.3) is 0 Å². The van der Waals surface area contributed by atoms with Gasteiger partial charge >= 0.3 is 0 Å². The molecule has 2 aromatic rings. The summed E-state index contributed by atoms with van der Waals surface area (Å²) < 4.78 is 0.